The average molecular weight is 377 g/mol. The van der Waals surface area contributed by atoms with Crippen LogP contribution in [0.2, 0.25) is 0 Å². The molecule has 2 aromatic carbocycles. The summed E-state index contributed by atoms with van der Waals surface area (Å²) in [5.41, 5.74) is 1.25. The lowest BCUT2D eigenvalue weighted by molar-refractivity contribution is -0.123. The summed E-state index contributed by atoms with van der Waals surface area (Å²) in [5.74, 6) is -0.0174. The van der Waals surface area contributed by atoms with Crippen LogP contribution >= 0.6 is 15.9 Å². The molecule has 2 rings (SSSR count). The van der Waals surface area contributed by atoms with Crippen LogP contribution in [0.4, 0.5) is 11.4 Å². The van der Waals surface area contributed by atoms with Gasteiger partial charge in [0, 0.05) is 10.2 Å². The number of hydrogen-bond acceptors (Lipinski definition) is 3. The maximum Gasteiger partial charge on any atom is 0.233 e. The van der Waals surface area contributed by atoms with Gasteiger partial charge in [0.2, 0.25) is 11.8 Å². The first kappa shape index (κ1) is 17.0. The standard InChI is InChI=1S/C17H17BrN2O3/c1-2-23-13-9-7-12(8-10-13)19-16(21)11-17(22)20-15-6-4-3-5-14(15)18/h3-10H,2,11H2,1H3,(H,19,21)(H,20,22). The molecule has 0 spiro atoms. The Morgan fingerprint density at radius 2 is 1.65 bits per heavy atom. The van der Waals surface area contributed by atoms with Crippen molar-refractivity contribution in [3.63, 3.8) is 0 Å². The highest BCUT2D eigenvalue weighted by Crippen LogP contribution is 2.21. The van der Waals surface area contributed by atoms with Crippen LogP contribution in [0.5, 0.6) is 5.75 Å². The van der Waals surface area contributed by atoms with Crippen molar-refractivity contribution < 1.29 is 14.3 Å². The molecule has 2 N–H and O–H groups in total. The van der Waals surface area contributed by atoms with E-state index in [2.05, 4.69) is 26.6 Å². The van der Waals surface area contributed by atoms with Crippen LogP contribution < -0.4 is 15.4 Å². The molecular weight excluding hydrogens is 360 g/mol. The Morgan fingerprint density at radius 3 is 2.30 bits per heavy atom. The Labute approximate surface area is 143 Å². The largest absolute Gasteiger partial charge is 0.494 e. The van der Waals surface area contributed by atoms with Crippen LogP contribution in [0.25, 0.3) is 0 Å². The number of anilines is 2. The second kappa shape index (κ2) is 8.33. The highest BCUT2D eigenvalue weighted by atomic mass is 79.9. The second-order valence-corrected chi connectivity index (χ2v) is 5.56. The van der Waals surface area contributed by atoms with Crippen molar-refractivity contribution >= 4 is 39.1 Å². The van der Waals surface area contributed by atoms with Gasteiger partial charge >= 0.3 is 0 Å². The van der Waals surface area contributed by atoms with E-state index in [9.17, 15) is 9.59 Å². The molecule has 0 aliphatic carbocycles. The number of hydrogen-bond donors (Lipinski definition) is 2. The Balaban J connectivity index is 1.86. The lowest BCUT2D eigenvalue weighted by Gasteiger charge is -2.08. The van der Waals surface area contributed by atoms with Crippen LogP contribution in [-0.4, -0.2) is 18.4 Å². The number of carbonyl (C=O) groups excluding carboxylic acids is 2. The molecule has 2 amide bonds. The van der Waals surface area contributed by atoms with Gasteiger partial charge < -0.3 is 15.4 Å². The van der Waals surface area contributed by atoms with Gasteiger partial charge in [-0.2, -0.15) is 0 Å². The highest BCUT2D eigenvalue weighted by Gasteiger charge is 2.11. The van der Waals surface area contributed by atoms with Crippen molar-refractivity contribution in [3.05, 3.63) is 53.0 Å². The maximum absolute atomic E-state index is 11.9. The highest BCUT2D eigenvalue weighted by molar-refractivity contribution is 9.10. The van der Waals surface area contributed by atoms with E-state index in [4.69, 9.17) is 4.74 Å². The molecule has 0 aliphatic rings. The topological polar surface area (TPSA) is 67.4 Å². The van der Waals surface area contributed by atoms with Crippen molar-refractivity contribution in [1.29, 1.82) is 0 Å². The molecule has 0 fully saturated rings. The zero-order chi connectivity index (χ0) is 16.7. The molecule has 23 heavy (non-hydrogen) atoms. The minimum absolute atomic E-state index is 0.255. The predicted molar refractivity (Wildman–Crippen MR) is 93.6 cm³/mol. The van der Waals surface area contributed by atoms with Crippen LogP contribution in [0, 0.1) is 0 Å². The normalized spacial score (nSPS) is 10.0. The number of benzene rings is 2. The number of amides is 2. The fourth-order valence-electron chi connectivity index (χ4n) is 1.91. The monoisotopic (exact) mass is 376 g/mol. The molecule has 0 aromatic heterocycles. The fourth-order valence-corrected chi connectivity index (χ4v) is 2.29. The van der Waals surface area contributed by atoms with Gasteiger partial charge in [0.25, 0.3) is 0 Å². The Bertz CT molecular complexity index is 686. The van der Waals surface area contributed by atoms with Crippen molar-refractivity contribution in [3.8, 4) is 5.75 Å². The van der Waals surface area contributed by atoms with Gasteiger partial charge in [0.05, 0.1) is 12.3 Å². The van der Waals surface area contributed by atoms with E-state index < -0.39 is 0 Å². The third kappa shape index (κ3) is 5.41. The number of para-hydroxylation sites is 1. The van der Waals surface area contributed by atoms with Crippen molar-refractivity contribution in [2.75, 3.05) is 17.2 Å². The summed E-state index contributed by atoms with van der Waals surface area (Å²) >= 11 is 3.34. The third-order valence-electron chi connectivity index (χ3n) is 2.92. The van der Waals surface area contributed by atoms with Gasteiger partial charge in [0.15, 0.2) is 0 Å². The fraction of sp³-hybridized carbons (Fsp3) is 0.176. The molecule has 120 valence electrons. The molecule has 0 atom stereocenters. The van der Waals surface area contributed by atoms with E-state index >= 15 is 0 Å². The average Bonchev–Trinajstić information content (AvgIpc) is 2.51. The van der Waals surface area contributed by atoms with E-state index in [0.29, 0.717) is 18.0 Å². The van der Waals surface area contributed by atoms with Crippen LogP contribution in [0.3, 0.4) is 0 Å². The molecule has 2 aromatic rings. The molecule has 6 heteroatoms. The minimum Gasteiger partial charge on any atom is -0.494 e. The van der Waals surface area contributed by atoms with E-state index in [-0.39, 0.29) is 18.2 Å². The first-order chi connectivity index (χ1) is 11.1. The van der Waals surface area contributed by atoms with Crippen LogP contribution in [0.1, 0.15) is 13.3 Å². The third-order valence-corrected chi connectivity index (χ3v) is 3.61. The Morgan fingerprint density at radius 1 is 1.00 bits per heavy atom. The first-order valence-electron chi connectivity index (χ1n) is 7.15. The first-order valence-corrected chi connectivity index (χ1v) is 7.95. The van der Waals surface area contributed by atoms with Gasteiger partial charge in [-0.25, -0.2) is 0 Å². The number of halogens is 1. The molecule has 0 radical (unpaired) electrons. The zero-order valence-corrected chi connectivity index (χ0v) is 14.2. The predicted octanol–water partition coefficient (Wildman–Crippen LogP) is 3.82. The number of nitrogens with one attached hydrogen (secondary N) is 2. The van der Waals surface area contributed by atoms with Gasteiger partial charge in [-0.1, -0.05) is 12.1 Å². The molecule has 0 aliphatic heterocycles. The molecule has 0 saturated heterocycles. The summed E-state index contributed by atoms with van der Waals surface area (Å²) in [6, 6.07) is 14.2. The zero-order valence-electron chi connectivity index (χ0n) is 12.6. The molecule has 0 heterocycles. The molecule has 0 unspecified atom stereocenters. The lowest BCUT2D eigenvalue weighted by atomic mass is 10.2. The number of rotatable bonds is 6. The van der Waals surface area contributed by atoms with E-state index in [1.165, 1.54) is 0 Å². The van der Waals surface area contributed by atoms with Crippen LogP contribution in [-0.2, 0) is 9.59 Å². The molecule has 0 saturated carbocycles. The van der Waals surface area contributed by atoms with Crippen molar-refractivity contribution in [1.82, 2.24) is 0 Å². The second-order valence-electron chi connectivity index (χ2n) is 4.71. The quantitative estimate of drug-likeness (QED) is 0.753. The lowest BCUT2D eigenvalue weighted by Crippen LogP contribution is -2.21. The smallest absolute Gasteiger partial charge is 0.233 e. The Kier molecular flexibility index (Phi) is 6.17. The molecule has 5 nitrogen and oxygen atoms in total. The summed E-state index contributed by atoms with van der Waals surface area (Å²) < 4.78 is 6.09. The van der Waals surface area contributed by atoms with Crippen molar-refractivity contribution in [2.24, 2.45) is 0 Å². The summed E-state index contributed by atoms with van der Waals surface area (Å²) in [4.78, 5) is 23.8. The Hall–Kier alpha value is -2.34. The SMILES string of the molecule is CCOc1ccc(NC(=O)CC(=O)Nc2ccccc2Br)cc1. The van der Waals surface area contributed by atoms with Gasteiger partial charge in [-0.3, -0.25) is 9.59 Å². The van der Waals surface area contributed by atoms with E-state index in [1.807, 2.05) is 19.1 Å². The van der Waals surface area contributed by atoms with Gasteiger partial charge in [-0.15, -0.1) is 0 Å². The summed E-state index contributed by atoms with van der Waals surface area (Å²) in [7, 11) is 0. The van der Waals surface area contributed by atoms with Crippen LogP contribution in [0.15, 0.2) is 53.0 Å². The van der Waals surface area contributed by atoms with Crippen molar-refractivity contribution in [2.45, 2.75) is 13.3 Å². The summed E-state index contributed by atoms with van der Waals surface area (Å²) in [6.07, 6.45) is -0.255. The van der Waals surface area contributed by atoms with Gasteiger partial charge in [-0.05, 0) is 59.3 Å². The maximum atomic E-state index is 11.9. The number of ether oxygens (including phenoxy) is 1. The summed E-state index contributed by atoms with van der Waals surface area (Å²) in [6.45, 7) is 2.49. The van der Waals surface area contributed by atoms with E-state index in [1.54, 1.807) is 36.4 Å². The van der Waals surface area contributed by atoms with Gasteiger partial charge in [0.1, 0.15) is 12.2 Å². The summed E-state index contributed by atoms with van der Waals surface area (Å²) in [5, 5.41) is 5.36. The molecule has 0 bridgehead atoms. The molecular formula is C17H17BrN2O3. The minimum atomic E-state index is -0.376. The van der Waals surface area contributed by atoms with E-state index in [0.717, 1.165) is 10.2 Å². The number of carbonyl (C=O) groups is 2.